The van der Waals surface area contributed by atoms with Gasteiger partial charge in [0.25, 0.3) is 0 Å². The Morgan fingerprint density at radius 1 is 1.53 bits per heavy atom. The Morgan fingerprint density at radius 3 is 3.18 bits per heavy atom. The van der Waals surface area contributed by atoms with Crippen molar-refractivity contribution in [2.24, 2.45) is 0 Å². The van der Waals surface area contributed by atoms with Gasteiger partial charge in [-0.1, -0.05) is 28.1 Å². The largest absolute Gasteiger partial charge is 0.300 e. The van der Waals surface area contributed by atoms with Gasteiger partial charge in [-0.3, -0.25) is 4.90 Å². The van der Waals surface area contributed by atoms with Crippen LogP contribution in [0.1, 0.15) is 12.0 Å². The number of nitrogens with zero attached hydrogens (tertiary/aromatic N) is 2. The van der Waals surface area contributed by atoms with E-state index in [2.05, 4.69) is 50.4 Å². The molecule has 1 N–H and O–H groups in total. The molecule has 1 aliphatic heterocycles. The van der Waals surface area contributed by atoms with Crippen LogP contribution in [0.25, 0.3) is 0 Å². The third-order valence-corrected chi connectivity index (χ3v) is 3.53. The highest BCUT2D eigenvalue weighted by Crippen LogP contribution is 2.16. The van der Waals surface area contributed by atoms with E-state index in [1.165, 1.54) is 5.56 Å². The van der Waals surface area contributed by atoms with E-state index in [0.29, 0.717) is 12.6 Å². The van der Waals surface area contributed by atoms with E-state index in [4.69, 9.17) is 5.26 Å². The quantitative estimate of drug-likeness (QED) is 0.865. The Kier molecular flexibility index (Phi) is 4.55. The molecule has 0 aliphatic carbocycles. The number of likely N-dealkylation sites (tertiary alicyclic amines) is 1. The van der Waals surface area contributed by atoms with Crippen LogP contribution in [0.3, 0.4) is 0 Å². The second-order valence-corrected chi connectivity index (χ2v) is 5.31. The van der Waals surface area contributed by atoms with Crippen molar-refractivity contribution in [1.82, 2.24) is 10.2 Å². The summed E-state index contributed by atoms with van der Waals surface area (Å²) in [5.41, 5.74) is 1.33. The van der Waals surface area contributed by atoms with E-state index in [0.717, 1.165) is 30.5 Å². The van der Waals surface area contributed by atoms with Crippen molar-refractivity contribution in [2.45, 2.75) is 19.0 Å². The third kappa shape index (κ3) is 3.81. The van der Waals surface area contributed by atoms with E-state index >= 15 is 0 Å². The Morgan fingerprint density at radius 2 is 2.41 bits per heavy atom. The third-order valence-electron chi connectivity index (χ3n) is 3.04. The van der Waals surface area contributed by atoms with Crippen molar-refractivity contribution in [1.29, 1.82) is 5.26 Å². The highest BCUT2D eigenvalue weighted by Gasteiger charge is 2.21. The lowest BCUT2D eigenvalue weighted by atomic mass is 10.2. The van der Waals surface area contributed by atoms with Gasteiger partial charge in [0.15, 0.2) is 0 Å². The number of nitriles is 1. The van der Waals surface area contributed by atoms with E-state index in [9.17, 15) is 0 Å². The summed E-state index contributed by atoms with van der Waals surface area (Å²) < 4.78 is 1.13. The summed E-state index contributed by atoms with van der Waals surface area (Å²) >= 11 is 3.49. The minimum Gasteiger partial charge on any atom is -0.300 e. The second-order valence-electron chi connectivity index (χ2n) is 4.39. The molecule has 1 fully saturated rings. The topological polar surface area (TPSA) is 39.1 Å². The van der Waals surface area contributed by atoms with Crippen LogP contribution in [0.2, 0.25) is 0 Å². The van der Waals surface area contributed by atoms with Gasteiger partial charge in [-0.2, -0.15) is 5.26 Å². The monoisotopic (exact) mass is 293 g/mol. The number of benzene rings is 1. The zero-order chi connectivity index (χ0) is 12.1. The van der Waals surface area contributed by atoms with Crippen LogP contribution in [0.15, 0.2) is 28.7 Å². The van der Waals surface area contributed by atoms with Gasteiger partial charge in [-0.25, -0.2) is 0 Å². The molecule has 0 saturated carbocycles. The van der Waals surface area contributed by atoms with Crippen molar-refractivity contribution in [3.63, 3.8) is 0 Å². The maximum Gasteiger partial charge on any atom is 0.0843 e. The number of halogens is 1. The Balaban J connectivity index is 1.83. The normalized spacial score (nSPS) is 20.4. The van der Waals surface area contributed by atoms with E-state index in [-0.39, 0.29) is 0 Å². The minimum atomic E-state index is 0.454. The zero-order valence-corrected chi connectivity index (χ0v) is 11.3. The summed E-state index contributed by atoms with van der Waals surface area (Å²) in [7, 11) is 0. The molecule has 1 aromatic rings. The van der Waals surface area contributed by atoms with Gasteiger partial charge < -0.3 is 5.32 Å². The fourth-order valence-corrected chi connectivity index (χ4v) is 2.67. The number of rotatable bonds is 4. The summed E-state index contributed by atoms with van der Waals surface area (Å²) in [6, 6.07) is 11.0. The fraction of sp³-hybridized carbons (Fsp3) is 0.462. The van der Waals surface area contributed by atoms with Crippen molar-refractivity contribution < 1.29 is 0 Å². The molecule has 0 bridgehead atoms. The summed E-state index contributed by atoms with van der Waals surface area (Å²) in [5, 5.41) is 11.8. The molecule has 0 radical (unpaired) electrons. The fourth-order valence-electron chi connectivity index (χ4n) is 2.23. The van der Waals surface area contributed by atoms with Gasteiger partial charge in [0.05, 0.1) is 12.6 Å². The number of hydrogen-bond acceptors (Lipinski definition) is 3. The Bertz CT molecular complexity index is 413. The molecule has 0 spiro atoms. The molecule has 1 saturated heterocycles. The molecule has 3 nitrogen and oxygen atoms in total. The first kappa shape index (κ1) is 12.6. The maximum atomic E-state index is 8.53. The Hall–Kier alpha value is -0.890. The molecule has 0 amide bonds. The smallest absolute Gasteiger partial charge is 0.0843 e. The first-order chi connectivity index (χ1) is 8.28. The lowest BCUT2D eigenvalue weighted by molar-refractivity contribution is 0.321. The lowest BCUT2D eigenvalue weighted by Gasteiger charge is -2.16. The van der Waals surface area contributed by atoms with Crippen LogP contribution in [0.5, 0.6) is 0 Å². The molecule has 1 unspecified atom stereocenters. The number of hydrogen-bond donors (Lipinski definition) is 1. The van der Waals surface area contributed by atoms with Crippen molar-refractivity contribution >= 4 is 15.9 Å². The maximum absolute atomic E-state index is 8.53. The standard InChI is InChI=1S/C13H16BrN3/c14-12-3-1-2-11(8-12)9-17-7-4-13(10-17)16-6-5-15/h1-3,8,13,16H,4,6-7,9-10H2. The molecule has 17 heavy (non-hydrogen) atoms. The van der Waals surface area contributed by atoms with Crippen LogP contribution in [-0.4, -0.2) is 30.6 Å². The molecule has 1 aromatic carbocycles. The van der Waals surface area contributed by atoms with Crippen LogP contribution in [-0.2, 0) is 6.54 Å². The van der Waals surface area contributed by atoms with Crippen molar-refractivity contribution in [2.75, 3.05) is 19.6 Å². The predicted octanol–water partition coefficient (Wildman–Crippen LogP) is 2.14. The molecule has 4 heteroatoms. The van der Waals surface area contributed by atoms with E-state index in [1.807, 2.05) is 6.07 Å². The van der Waals surface area contributed by atoms with Crippen molar-refractivity contribution in [3.05, 3.63) is 34.3 Å². The first-order valence-corrected chi connectivity index (χ1v) is 6.64. The van der Waals surface area contributed by atoms with Gasteiger partial charge in [-0.15, -0.1) is 0 Å². The van der Waals surface area contributed by atoms with Gasteiger partial charge in [0.1, 0.15) is 0 Å². The van der Waals surface area contributed by atoms with Crippen LogP contribution < -0.4 is 5.32 Å². The SMILES string of the molecule is N#CCNC1CCN(Cc2cccc(Br)c2)C1. The molecule has 1 atom stereocenters. The zero-order valence-electron chi connectivity index (χ0n) is 9.69. The molecule has 1 heterocycles. The average Bonchev–Trinajstić information content (AvgIpc) is 2.74. The minimum absolute atomic E-state index is 0.454. The molecular weight excluding hydrogens is 278 g/mol. The highest BCUT2D eigenvalue weighted by molar-refractivity contribution is 9.10. The van der Waals surface area contributed by atoms with Crippen molar-refractivity contribution in [3.8, 4) is 6.07 Å². The van der Waals surface area contributed by atoms with Gasteiger partial charge in [0, 0.05) is 30.1 Å². The van der Waals surface area contributed by atoms with Crippen LogP contribution in [0, 0.1) is 11.3 Å². The molecule has 1 aliphatic rings. The van der Waals surface area contributed by atoms with Gasteiger partial charge >= 0.3 is 0 Å². The van der Waals surface area contributed by atoms with E-state index in [1.54, 1.807) is 0 Å². The summed E-state index contributed by atoms with van der Waals surface area (Å²) in [5.74, 6) is 0. The predicted molar refractivity (Wildman–Crippen MR) is 71.4 cm³/mol. The summed E-state index contributed by atoms with van der Waals surface area (Å²) in [6.07, 6.45) is 1.13. The van der Waals surface area contributed by atoms with E-state index < -0.39 is 0 Å². The van der Waals surface area contributed by atoms with Crippen LogP contribution in [0.4, 0.5) is 0 Å². The number of nitrogens with one attached hydrogen (secondary N) is 1. The first-order valence-electron chi connectivity index (χ1n) is 5.85. The molecule has 2 rings (SSSR count). The van der Waals surface area contributed by atoms with Crippen LogP contribution >= 0.6 is 15.9 Å². The Labute approximate surface area is 111 Å². The lowest BCUT2D eigenvalue weighted by Crippen LogP contribution is -2.32. The van der Waals surface area contributed by atoms with Gasteiger partial charge in [0.2, 0.25) is 0 Å². The molecular formula is C13H16BrN3. The van der Waals surface area contributed by atoms with Gasteiger partial charge in [-0.05, 0) is 24.1 Å². The average molecular weight is 294 g/mol. The molecule has 90 valence electrons. The summed E-state index contributed by atoms with van der Waals surface area (Å²) in [6.45, 7) is 3.59. The summed E-state index contributed by atoms with van der Waals surface area (Å²) in [4.78, 5) is 2.43. The highest BCUT2D eigenvalue weighted by atomic mass is 79.9. The molecule has 0 aromatic heterocycles. The second kappa shape index (κ2) is 6.15.